The third kappa shape index (κ3) is 3.04. The SMILES string of the molecule is O=C(C1CC2CCC1N2C(=O)C1CCC(F)(F)CC1)N1CCC2(CCOC2)C1. The molecule has 156 valence electrons. The van der Waals surface area contributed by atoms with Crippen molar-refractivity contribution in [3.05, 3.63) is 0 Å². The summed E-state index contributed by atoms with van der Waals surface area (Å²) in [5.74, 6) is -2.79. The number of nitrogens with zero attached hydrogens (tertiary/aromatic N) is 2. The summed E-state index contributed by atoms with van der Waals surface area (Å²) in [5, 5.41) is 0. The van der Waals surface area contributed by atoms with E-state index in [1.807, 2.05) is 9.80 Å². The lowest BCUT2D eigenvalue weighted by Gasteiger charge is -2.33. The van der Waals surface area contributed by atoms with Crippen molar-refractivity contribution in [1.29, 1.82) is 0 Å². The summed E-state index contributed by atoms with van der Waals surface area (Å²) in [6.45, 7) is 3.12. The Hall–Kier alpha value is -1.24. The maximum absolute atomic E-state index is 13.5. The second-order valence-corrected chi connectivity index (χ2v) is 9.83. The molecule has 1 spiro atoms. The van der Waals surface area contributed by atoms with Crippen LogP contribution in [0.5, 0.6) is 0 Å². The fraction of sp³-hybridized carbons (Fsp3) is 0.905. The smallest absolute Gasteiger partial charge is 0.248 e. The van der Waals surface area contributed by atoms with Crippen LogP contribution in [0.2, 0.25) is 0 Å². The van der Waals surface area contributed by atoms with Crippen LogP contribution in [-0.4, -0.2) is 65.9 Å². The van der Waals surface area contributed by atoms with Gasteiger partial charge in [-0.1, -0.05) is 0 Å². The minimum absolute atomic E-state index is 0.0242. The van der Waals surface area contributed by atoms with Crippen LogP contribution in [0, 0.1) is 17.3 Å². The molecule has 0 N–H and O–H groups in total. The Morgan fingerprint density at radius 2 is 1.75 bits per heavy atom. The van der Waals surface area contributed by atoms with Gasteiger partial charge in [0.2, 0.25) is 17.7 Å². The lowest BCUT2D eigenvalue weighted by atomic mass is 9.85. The Balaban J connectivity index is 1.24. The van der Waals surface area contributed by atoms with Crippen molar-refractivity contribution in [2.45, 2.75) is 75.8 Å². The lowest BCUT2D eigenvalue weighted by Crippen LogP contribution is -2.45. The second kappa shape index (κ2) is 6.64. The van der Waals surface area contributed by atoms with Crippen LogP contribution in [0.25, 0.3) is 0 Å². The van der Waals surface area contributed by atoms with Gasteiger partial charge < -0.3 is 14.5 Å². The highest BCUT2D eigenvalue weighted by Crippen LogP contribution is 2.47. The summed E-state index contributed by atoms with van der Waals surface area (Å²) in [5.41, 5.74) is 0.149. The van der Waals surface area contributed by atoms with Crippen LogP contribution in [0.15, 0.2) is 0 Å². The molecule has 4 heterocycles. The third-order valence-corrected chi connectivity index (χ3v) is 8.11. The molecule has 0 radical (unpaired) electrons. The fourth-order valence-corrected chi connectivity index (χ4v) is 6.42. The van der Waals surface area contributed by atoms with Gasteiger partial charge in [0, 0.05) is 56.0 Å². The molecule has 4 unspecified atom stereocenters. The molecule has 2 amide bonds. The molecule has 1 saturated carbocycles. The summed E-state index contributed by atoms with van der Waals surface area (Å²) < 4.78 is 32.5. The number of amides is 2. The minimum atomic E-state index is -2.62. The highest BCUT2D eigenvalue weighted by atomic mass is 19.3. The lowest BCUT2D eigenvalue weighted by molar-refractivity contribution is -0.142. The van der Waals surface area contributed by atoms with E-state index in [1.165, 1.54) is 0 Å². The maximum atomic E-state index is 13.5. The monoisotopic (exact) mass is 396 g/mol. The average Bonchev–Trinajstić information content (AvgIpc) is 3.45. The molecule has 4 atom stereocenters. The molecule has 0 aromatic rings. The van der Waals surface area contributed by atoms with E-state index in [2.05, 4.69) is 0 Å². The zero-order valence-corrected chi connectivity index (χ0v) is 16.4. The molecule has 0 aromatic heterocycles. The largest absolute Gasteiger partial charge is 0.381 e. The van der Waals surface area contributed by atoms with Gasteiger partial charge >= 0.3 is 0 Å². The number of rotatable bonds is 2. The first-order chi connectivity index (χ1) is 13.4. The van der Waals surface area contributed by atoms with Crippen LogP contribution in [0.3, 0.4) is 0 Å². The van der Waals surface area contributed by atoms with E-state index in [0.29, 0.717) is 0 Å². The van der Waals surface area contributed by atoms with E-state index >= 15 is 0 Å². The van der Waals surface area contributed by atoms with Crippen molar-refractivity contribution in [2.24, 2.45) is 17.3 Å². The number of hydrogen-bond donors (Lipinski definition) is 0. The van der Waals surface area contributed by atoms with E-state index in [-0.39, 0.29) is 66.8 Å². The summed E-state index contributed by atoms with van der Waals surface area (Å²) in [4.78, 5) is 30.3. The van der Waals surface area contributed by atoms with E-state index < -0.39 is 5.92 Å². The predicted octanol–water partition coefficient (Wildman–Crippen LogP) is 2.83. The molecule has 5 nitrogen and oxygen atoms in total. The molecule has 4 aliphatic heterocycles. The Bertz CT molecular complexity index is 654. The van der Waals surface area contributed by atoms with Gasteiger partial charge in [0.05, 0.1) is 12.5 Å². The first-order valence-corrected chi connectivity index (χ1v) is 10.9. The summed E-state index contributed by atoms with van der Waals surface area (Å²) >= 11 is 0. The van der Waals surface area contributed by atoms with Gasteiger partial charge in [-0.05, 0) is 44.9 Å². The van der Waals surface area contributed by atoms with Crippen molar-refractivity contribution in [2.75, 3.05) is 26.3 Å². The van der Waals surface area contributed by atoms with Crippen LogP contribution < -0.4 is 0 Å². The first kappa shape index (κ1) is 18.8. The molecule has 5 aliphatic rings. The number of fused-ring (bicyclic) bond motifs is 2. The van der Waals surface area contributed by atoms with E-state index in [1.54, 1.807) is 0 Å². The maximum Gasteiger partial charge on any atom is 0.248 e. The Labute approximate surface area is 164 Å². The van der Waals surface area contributed by atoms with E-state index in [0.717, 1.165) is 58.4 Å². The highest BCUT2D eigenvalue weighted by Gasteiger charge is 2.54. The summed E-state index contributed by atoms with van der Waals surface area (Å²) in [6, 6.07) is 0.101. The molecular formula is C21H30F2N2O3. The van der Waals surface area contributed by atoms with E-state index in [4.69, 9.17) is 4.74 Å². The minimum Gasteiger partial charge on any atom is -0.381 e. The van der Waals surface area contributed by atoms with Crippen molar-refractivity contribution < 1.29 is 23.1 Å². The number of carbonyl (C=O) groups is 2. The van der Waals surface area contributed by atoms with Gasteiger partial charge in [0.1, 0.15) is 0 Å². The van der Waals surface area contributed by atoms with Gasteiger partial charge in [-0.3, -0.25) is 9.59 Å². The predicted molar refractivity (Wildman–Crippen MR) is 97.7 cm³/mol. The number of carbonyl (C=O) groups excluding carboxylic acids is 2. The molecule has 1 aliphatic carbocycles. The Kier molecular flexibility index (Phi) is 4.45. The molecule has 2 bridgehead atoms. The van der Waals surface area contributed by atoms with Gasteiger partial charge in [0.15, 0.2) is 0 Å². The normalized spacial score (nSPS) is 40.0. The summed E-state index contributed by atoms with van der Waals surface area (Å²) in [6.07, 6.45) is 4.78. The molecule has 4 saturated heterocycles. The van der Waals surface area contributed by atoms with E-state index in [9.17, 15) is 18.4 Å². The Morgan fingerprint density at radius 3 is 2.46 bits per heavy atom. The van der Waals surface area contributed by atoms with Gasteiger partial charge in [0.25, 0.3) is 0 Å². The standard InChI is InChI=1S/C21H30F2N2O3/c22-21(23)5-3-14(4-6-21)18(26)25-15-1-2-17(25)16(11-15)19(27)24-9-7-20(12-24)8-10-28-13-20/h14-17H,1-13H2. The van der Waals surface area contributed by atoms with Gasteiger partial charge in [-0.25, -0.2) is 8.78 Å². The average molecular weight is 396 g/mol. The topological polar surface area (TPSA) is 49.9 Å². The highest BCUT2D eigenvalue weighted by molar-refractivity contribution is 5.85. The zero-order valence-electron chi connectivity index (χ0n) is 16.4. The van der Waals surface area contributed by atoms with Crippen molar-refractivity contribution in [3.63, 3.8) is 0 Å². The number of likely N-dealkylation sites (tertiary alicyclic amines) is 1. The molecular weight excluding hydrogens is 366 g/mol. The van der Waals surface area contributed by atoms with Crippen LogP contribution in [-0.2, 0) is 14.3 Å². The third-order valence-electron chi connectivity index (χ3n) is 8.11. The zero-order chi connectivity index (χ0) is 19.5. The molecule has 5 rings (SSSR count). The van der Waals surface area contributed by atoms with Crippen LogP contribution >= 0.6 is 0 Å². The van der Waals surface area contributed by atoms with Crippen molar-refractivity contribution in [1.82, 2.24) is 9.80 Å². The quantitative estimate of drug-likeness (QED) is 0.721. The summed E-state index contributed by atoms with van der Waals surface area (Å²) in [7, 11) is 0. The van der Waals surface area contributed by atoms with Crippen LogP contribution in [0.4, 0.5) is 8.78 Å². The first-order valence-electron chi connectivity index (χ1n) is 10.9. The second-order valence-electron chi connectivity index (χ2n) is 9.83. The number of hydrogen-bond acceptors (Lipinski definition) is 3. The number of ether oxygens (including phenoxy) is 1. The van der Waals surface area contributed by atoms with Gasteiger partial charge in [-0.2, -0.15) is 0 Å². The van der Waals surface area contributed by atoms with Crippen LogP contribution in [0.1, 0.15) is 57.8 Å². The molecule has 5 fully saturated rings. The molecule has 0 aromatic carbocycles. The molecule has 28 heavy (non-hydrogen) atoms. The van der Waals surface area contributed by atoms with Crippen molar-refractivity contribution in [3.8, 4) is 0 Å². The number of halogens is 2. The fourth-order valence-electron chi connectivity index (χ4n) is 6.42. The van der Waals surface area contributed by atoms with Gasteiger partial charge in [-0.15, -0.1) is 0 Å². The Morgan fingerprint density at radius 1 is 0.964 bits per heavy atom. The number of alkyl halides is 2. The van der Waals surface area contributed by atoms with Crippen molar-refractivity contribution >= 4 is 11.8 Å². The molecule has 7 heteroatoms.